The number of ether oxygens (including phenoxy) is 1. The average Bonchev–Trinajstić information content (AvgIpc) is 3.01. The van der Waals surface area contributed by atoms with Crippen LogP contribution in [-0.4, -0.2) is 18.3 Å². The molecule has 1 aromatic heterocycles. The molecule has 1 N–H and O–H groups in total. The fourth-order valence-electron chi connectivity index (χ4n) is 1.43. The van der Waals surface area contributed by atoms with Gasteiger partial charge >= 0.3 is 6.18 Å². The van der Waals surface area contributed by atoms with Gasteiger partial charge in [0, 0.05) is 22.3 Å². The Morgan fingerprint density at radius 3 is 2.67 bits per heavy atom. The van der Waals surface area contributed by atoms with Crippen molar-refractivity contribution in [3.63, 3.8) is 0 Å². The standard InChI is InChI=1S/C12H16F3NOS/c1-8(12(13,14)15)17-7-11-5-4-10(18-11)6-16-9-2-3-9/h4-5,8-9,16H,2-3,6-7H2,1H3. The number of hydrogen-bond donors (Lipinski definition) is 1. The molecule has 18 heavy (non-hydrogen) atoms. The van der Waals surface area contributed by atoms with Gasteiger partial charge in [0.15, 0.2) is 6.10 Å². The second-order valence-corrected chi connectivity index (χ2v) is 5.77. The van der Waals surface area contributed by atoms with E-state index in [-0.39, 0.29) is 6.61 Å². The second kappa shape index (κ2) is 5.59. The summed E-state index contributed by atoms with van der Waals surface area (Å²) < 4.78 is 41.5. The van der Waals surface area contributed by atoms with Crippen molar-refractivity contribution in [2.75, 3.05) is 0 Å². The van der Waals surface area contributed by atoms with E-state index in [0.29, 0.717) is 6.04 Å². The highest BCUT2D eigenvalue weighted by Gasteiger charge is 2.36. The van der Waals surface area contributed by atoms with Gasteiger partial charge in [-0.15, -0.1) is 11.3 Å². The first kappa shape index (κ1) is 13.8. The molecule has 102 valence electrons. The van der Waals surface area contributed by atoms with Crippen molar-refractivity contribution < 1.29 is 17.9 Å². The Morgan fingerprint density at radius 1 is 1.39 bits per heavy atom. The van der Waals surface area contributed by atoms with E-state index in [1.165, 1.54) is 24.2 Å². The van der Waals surface area contributed by atoms with Crippen molar-refractivity contribution in [1.82, 2.24) is 5.32 Å². The zero-order chi connectivity index (χ0) is 13.2. The summed E-state index contributed by atoms with van der Waals surface area (Å²) in [5.41, 5.74) is 0. The van der Waals surface area contributed by atoms with Gasteiger partial charge in [-0.25, -0.2) is 0 Å². The Kier molecular flexibility index (Phi) is 4.29. The molecule has 1 atom stereocenters. The van der Waals surface area contributed by atoms with Gasteiger partial charge in [-0.1, -0.05) is 0 Å². The SMILES string of the molecule is CC(OCc1ccc(CNC2CC2)s1)C(F)(F)F. The number of nitrogens with one attached hydrogen (secondary N) is 1. The minimum atomic E-state index is -4.28. The predicted molar refractivity (Wildman–Crippen MR) is 64.5 cm³/mol. The van der Waals surface area contributed by atoms with E-state index in [2.05, 4.69) is 5.32 Å². The molecule has 0 spiro atoms. The van der Waals surface area contributed by atoms with E-state index < -0.39 is 12.3 Å². The van der Waals surface area contributed by atoms with Crippen LogP contribution in [0.15, 0.2) is 12.1 Å². The third-order valence-electron chi connectivity index (χ3n) is 2.80. The van der Waals surface area contributed by atoms with Crippen LogP contribution in [0.1, 0.15) is 29.5 Å². The lowest BCUT2D eigenvalue weighted by molar-refractivity contribution is -0.217. The van der Waals surface area contributed by atoms with E-state index in [0.717, 1.165) is 23.2 Å². The number of halogens is 3. The molecule has 1 saturated carbocycles. The third kappa shape index (κ3) is 4.26. The van der Waals surface area contributed by atoms with E-state index in [9.17, 15) is 13.2 Å². The van der Waals surface area contributed by atoms with Crippen molar-refractivity contribution in [2.24, 2.45) is 0 Å². The molecule has 1 fully saturated rings. The van der Waals surface area contributed by atoms with Crippen LogP contribution in [0.4, 0.5) is 13.2 Å². The molecule has 0 aromatic carbocycles. The Labute approximate surface area is 108 Å². The maximum atomic E-state index is 12.2. The largest absolute Gasteiger partial charge is 0.414 e. The van der Waals surface area contributed by atoms with Gasteiger partial charge in [-0.05, 0) is 31.9 Å². The summed E-state index contributed by atoms with van der Waals surface area (Å²) in [6.07, 6.45) is -3.55. The van der Waals surface area contributed by atoms with Crippen LogP contribution in [0.3, 0.4) is 0 Å². The molecular formula is C12H16F3NOS. The van der Waals surface area contributed by atoms with Crippen LogP contribution >= 0.6 is 11.3 Å². The molecule has 1 aromatic rings. The number of rotatable bonds is 6. The highest BCUT2D eigenvalue weighted by Crippen LogP contribution is 2.25. The summed E-state index contributed by atoms with van der Waals surface area (Å²) in [5, 5.41) is 3.36. The van der Waals surface area contributed by atoms with Gasteiger partial charge in [0.05, 0.1) is 6.61 Å². The van der Waals surface area contributed by atoms with E-state index in [1.807, 2.05) is 12.1 Å². The normalized spacial score (nSPS) is 18.0. The van der Waals surface area contributed by atoms with Gasteiger partial charge in [-0.3, -0.25) is 0 Å². The average molecular weight is 279 g/mol. The predicted octanol–water partition coefficient (Wildman–Crippen LogP) is 3.47. The van der Waals surface area contributed by atoms with Crippen LogP contribution in [0.2, 0.25) is 0 Å². The van der Waals surface area contributed by atoms with E-state index in [1.54, 1.807) is 0 Å². The monoisotopic (exact) mass is 279 g/mol. The van der Waals surface area contributed by atoms with Crippen LogP contribution < -0.4 is 5.32 Å². The molecule has 0 saturated heterocycles. The van der Waals surface area contributed by atoms with Gasteiger partial charge in [0.1, 0.15) is 0 Å². The zero-order valence-electron chi connectivity index (χ0n) is 10.1. The lowest BCUT2D eigenvalue weighted by atomic mass is 10.4. The number of alkyl halides is 3. The van der Waals surface area contributed by atoms with Gasteiger partial charge in [0.25, 0.3) is 0 Å². The van der Waals surface area contributed by atoms with Crippen LogP contribution in [0.5, 0.6) is 0 Å². The summed E-state index contributed by atoms with van der Waals surface area (Å²) in [7, 11) is 0. The molecule has 1 aliphatic rings. The fraction of sp³-hybridized carbons (Fsp3) is 0.667. The molecule has 0 bridgehead atoms. The topological polar surface area (TPSA) is 21.3 Å². The van der Waals surface area contributed by atoms with Crippen molar-refractivity contribution >= 4 is 11.3 Å². The Balaban J connectivity index is 1.75. The second-order valence-electron chi connectivity index (χ2n) is 4.52. The zero-order valence-corrected chi connectivity index (χ0v) is 10.9. The Morgan fingerprint density at radius 2 is 2.06 bits per heavy atom. The highest BCUT2D eigenvalue weighted by atomic mass is 32.1. The van der Waals surface area contributed by atoms with Gasteiger partial charge < -0.3 is 10.1 Å². The molecule has 0 radical (unpaired) electrons. The Bertz CT molecular complexity index is 387. The molecule has 1 heterocycles. The Hall–Kier alpha value is -0.590. The summed E-state index contributed by atoms with van der Waals surface area (Å²) >= 11 is 1.50. The molecule has 2 rings (SSSR count). The molecule has 0 aliphatic heterocycles. The lowest BCUT2D eigenvalue weighted by Crippen LogP contribution is -2.28. The van der Waals surface area contributed by atoms with E-state index >= 15 is 0 Å². The van der Waals surface area contributed by atoms with Crippen molar-refractivity contribution in [2.45, 2.75) is 51.2 Å². The van der Waals surface area contributed by atoms with Gasteiger partial charge in [-0.2, -0.15) is 13.2 Å². The summed E-state index contributed by atoms with van der Waals surface area (Å²) in [6.45, 7) is 1.85. The molecule has 2 nitrogen and oxygen atoms in total. The van der Waals surface area contributed by atoms with E-state index in [4.69, 9.17) is 4.74 Å². The van der Waals surface area contributed by atoms with Crippen molar-refractivity contribution in [1.29, 1.82) is 0 Å². The molecule has 1 aliphatic carbocycles. The summed E-state index contributed by atoms with van der Waals surface area (Å²) in [4.78, 5) is 1.97. The molecular weight excluding hydrogens is 263 g/mol. The maximum absolute atomic E-state index is 12.2. The lowest BCUT2D eigenvalue weighted by Gasteiger charge is -2.15. The summed E-state index contributed by atoms with van der Waals surface area (Å²) in [6, 6.07) is 4.41. The third-order valence-corrected chi connectivity index (χ3v) is 3.85. The molecule has 0 amide bonds. The highest BCUT2D eigenvalue weighted by molar-refractivity contribution is 7.11. The minimum absolute atomic E-state index is 0.0226. The number of hydrogen-bond acceptors (Lipinski definition) is 3. The minimum Gasteiger partial charge on any atom is -0.364 e. The van der Waals surface area contributed by atoms with Crippen LogP contribution in [0.25, 0.3) is 0 Å². The first-order valence-electron chi connectivity index (χ1n) is 5.94. The van der Waals surface area contributed by atoms with Gasteiger partial charge in [0.2, 0.25) is 0 Å². The van der Waals surface area contributed by atoms with Crippen molar-refractivity contribution in [3.05, 3.63) is 21.9 Å². The summed E-state index contributed by atoms with van der Waals surface area (Å²) in [5.74, 6) is 0. The quantitative estimate of drug-likeness (QED) is 0.861. The first-order valence-corrected chi connectivity index (χ1v) is 6.76. The van der Waals surface area contributed by atoms with Crippen LogP contribution in [-0.2, 0) is 17.9 Å². The maximum Gasteiger partial charge on any atom is 0.414 e. The molecule has 6 heteroatoms. The smallest absolute Gasteiger partial charge is 0.364 e. The fourth-order valence-corrected chi connectivity index (χ4v) is 2.32. The number of thiophene rings is 1. The van der Waals surface area contributed by atoms with Crippen molar-refractivity contribution in [3.8, 4) is 0 Å². The molecule has 1 unspecified atom stereocenters. The first-order chi connectivity index (χ1) is 8.45. The van der Waals surface area contributed by atoms with Crippen LogP contribution in [0, 0.1) is 0 Å².